The van der Waals surface area contributed by atoms with Crippen molar-refractivity contribution in [3.63, 3.8) is 0 Å². The number of imidazole rings is 1. The van der Waals surface area contributed by atoms with Crippen LogP contribution in [0, 0.1) is 0 Å². The van der Waals surface area contributed by atoms with E-state index in [-0.39, 0.29) is 11.9 Å². The summed E-state index contributed by atoms with van der Waals surface area (Å²) in [6.45, 7) is 0.720. The van der Waals surface area contributed by atoms with Gasteiger partial charge in [-0.1, -0.05) is 30.3 Å². The van der Waals surface area contributed by atoms with Crippen molar-refractivity contribution in [3.8, 4) is 0 Å². The van der Waals surface area contributed by atoms with E-state index in [1.807, 2.05) is 59.5 Å². The molecule has 1 aliphatic heterocycles. The van der Waals surface area contributed by atoms with Gasteiger partial charge in [0.2, 0.25) is 0 Å². The Morgan fingerprint density at radius 2 is 2.00 bits per heavy atom. The number of hydrogen-bond donors (Lipinski definition) is 1. The number of aromatic nitrogens is 2. The Hall–Kier alpha value is -3.08. The molecule has 1 amide bonds. The van der Waals surface area contributed by atoms with Crippen LogP contribution in [-0.4, -0.2) is 27.3 Å². The minimum absolute atomic E-state index is 0.0342. The smallest absolute Gasteiger partial charge is 0.290 e. The first-order valence-electron chi connectivity index (χ1n) is 8.54. The summed E-state index contributed by atoms with van der Waals surface area (Å²) in [5.41, 5.74) is 2.67. The molecule has 5 heteroatoms. The number of amides is 1. The fraction of sp³-hybridized carbons (Fsp3) is 0.200. The molecule has 2 aromatic heterocycles. The van der Waals surface area contributed by atoms with Crippen LogP contribution in [0.5, 0.6) is 0 Å². The van der Waals surface area contributed by atoms with Crippen LogP contribution >= 0.6 is 0 Å². The minimum Gasteiger partial charge on any atom is -0.451 e. The first-order chi connectivity index (χ1) is 12.3. The summed E-state index contributed by atoms with van der Waals surface area (Å²) in [6, 6.07) is 17.4. The second-order valence-electron chi connectivity index (χ2n) is 6.44. The summed E-state index contributed by atoms with van der Waals surface area (Å²) in [5.74, 6) is 1.17. The van der Waals surface area contributed by atoms with E-state index in [1.54, 1.807) is 0 Å². The number of furan rings is 1. The molecular weight excluding hydrogens is 314 g/mol. The van der Waals surface area contributed by atoms with E-state index < -0.39 is 0 Å². The highest BCUT2D eigenvalue weighted by atomic mass is 16.3. The molecule has 1 fully saturated rings. The monoisotopic (exact) mass is 331 g/mol. The lowest BCUT2D eigenvalue weighted by Gasteiger charge is -2.21. The lowest BCUT2D eigenvalue weighted by atomic mass is 10.2. The van der Waals surface area contributed by atoms with Crippen molar-refractivity contribution < 1.29 is 9.21 Å². The van der Waals surface area contributed by atoms with Crippen molar-refractivity contribution in [2.45, 2.75) is 18.9 Å². The average molecular weight is 331 g/mol. The fourth-order valence-electron chi connectivity index (χ4n) is 3.65. The van der Waals surface area contributed by atoms with Crippen molar-refractivity contribution >= 4 is 27.9 Å². The predicted octanol–water partition coefficient (Wildman–Crippen LogP) is 4.29. The molecule has 1 atom stereocenters. The molecule has 0 saturated carbocycles. The Balaban J connectivity index is 1.50. The molecule has 1 saturated heterocycles. The Kier molecular flexibility index (Phi) is 3.13. The van der Waals surface area contributed by atoms with E-state index in [2.05, 4.69) is 9.97 Å². The Bertz CT molecular complexity index is 1010. The molecule has 1 unspecified atom stereocenters. The molecule has 1 N–H and O–H groups in total. The third-order valence-electron chi connectivity index (χ3n) is 4.87. The van der Waals surface area contributed by atoms with Gasteiger partial charge in [-0.25, -0.2) is 4.98 Å². The van der Waals surface area contributed by atoms with E-state index in [4.69, 9.17) is 4.42 Å². The number of carbonyl (C=O) groups excluding carboxylic acids is 1. The number of nitrogens with zero attached hydrogens (tertiary/aromatic N) is 2. The van der Waals surface area contributed by atoms with Gasteiger partial charge in [-0.3, -0.25) is 4.79 Å². The molecule has 1 aliphatic rings. The number of hydrogen-bond acceptors (Lipinski definition) is 3. The number of rotatable bonds is 2. The van der Waals surface area contributed by atoms with Gasteiger partial charge in [0.05, 0.1) is 17.1 Å². The second kappa shape index (κ2) is 5.48. The third kappa shape index (κ3) is 2.31. The Labute approximate surface area is 144 Å². The van der Waals surface area contributed by atoms with Crippen LogP contribution in [0.15, 0.2) is 59.0 Å². The maximum Gasteiger partial charge on any atom is 0.290 e. The molecule has 0 spiro atoms. The van der Waals surface area contributed by atoms with Gasteiger partial charge in [0.15, 0.2) is 5.76 Å². The van der Waals surface area contributed by atoms with Gasteiger partial charge < -0.3 is 14.3 Å². The third-order valence-corrected chi connectivity index (χ3v) is 4.87. The van der Waals surface area contributed by atoms with Crippen LogP contribution in [0.2, 0.25) is 0 Å². The number of nitrogens with one attached hydrogen (secondary N) is 1. The van der Waals surface area contributed by atoms with Crippen molar-refractivity contribution in [1.82, 2.24) is 14.9 Å². The van der Waals surface area contributed by atoms with Crippen LogP contribution in [0.3, 0.4) is 0 Å². The summed E-state index contributed by atoms with van der Waals surface area (Å²) in [5, 5.41) is 0.949. The number of fused-ring (bicyclic) bond motifs is 2. The van der Waals surface area contributed by atoms with Gasteiger partial charge in [-0.15, -0.1) is 0 Å². The molecular formula is C20H17N3O2. The number of aromatic amines is 1. The van der Waals surface area contributed by atoms with Crippen LogP contribution in [-0.2, 0) is 0 Å². The molecule has 4 aromatic rings. The van der Waals surface area contributed by atoms with Crippen LogP contribution in [0.25, 0.3) is 22.0 Å². The molecule has 25 heavy (non-hydrogen) atoms. The van der Waals surface area contributed by atoms with Gasteiger partial charge in [0.25, 0.3) is 5.91 Å². The number of carbonyl (C=O) groups is 1. The van der Waals surface area contributed by atoms with Crippen molar-refractivity contribution in [2.24, 2.45) is 0 Å². The predicted molar refractivity (Wildman–Crippen MR) is 95.3 cm³/mol. The number of H-pyrrole nitrogens is 1. The average Bonchev–Trinajstić information content (AvgIpc) is 3.36. The maximum absolute atomic E-state index is 13.0. The molecule has 124 valence electrons. The van der Waals surface area contributed by atoms with Crippen LogP contribution in [0.1, 0.15) is 35.3 Å². The van der Waals surface area contributed by atoms with Gasteiger partial charge in [-0.05, 0) is 37.1 Å². The molecule has 0 bridgehead atoms. The summed E-state index contributed by atoms with van der Waals surface area (Å²) >= 11 is 0. The quantitative estimate of drug-likeness (QED) is 0.596. The fourth-order valence-corrected chi connectivity index (χ4v) is 3.65. The highest BCUT2D eigenvalue weighted by Crippen LogP contribution is 2.33. The zero-order valence-electron chi connectivity index (χ0n) is 13.6. The van der Waals surface area contributed by atoms with Crippen LogP contribution in [0.4, 0.5) is 0 Å². The van der Waals surface area contributed by atoms with Crippen molar-refractivity contribution in [2.75, 3.05) is 6.54 Å². The first kappa shape index (κ1) is 14.3. The Morgan fingerprint density at radius 3 is 2.88 bits per heavy atom. The lowest BCUT2D eigenvalue weighted by Crippen LogP contribution is -2.30. The molecule has 2 aromatic carbocycles. The highest BCUT2D eigenvalue weighted by Gasteiger charge is 2.34. The zero-order chi connectivity index (χ0) is 16.8. The van der Waals surface area contributed by atoms with Gasteiger partial charge in [0, 0.05) is 11.9 Å². The maximum atomic E-state index is 13.0. The van der Waals surface area contributed by atoms with E-state index >= 15 is 0 Å². The van der Waals surface area contributed by atoms with Crippen LogP contribution < -0.4 is 0 Å². The van der Waals surface area contributed by atoms with E-state index in [1.165, 1.54) is 0 Å². The Morgan fingerprint density at radius 1 is 1.16 bits per heavy atom. The van der Waals surface area contributed by atoms with Gasteiger partial charge >= 0.3 is 0 Å². The number of likely N-dealkylation sites (tertiary alicyclic amines) is 1. The summed E-state index contributed by atoms with van der Waals surface area (Å²) in [6.07, 6.45) is 1.87. The first-order valence-corrected chi connectivity index (χ1v) is 8.54. The summed E-state index contributed by atoms with van der Waals surface area (Å²) < 4.78 is 5.76. The number of benzene rings is 2. The second-order valence-corrected chi connectivity index (χ2v) is 6.44. The van der Waals surface area contributed by atoms with Gasteiger partial charge in [0.1, 0.15) is 11.4 Å². The molecule has 0 aliphatic carbocycles. The SMILES string of the molecule is O=C(c1cc2ccccc2o1)N1CCCC1c1nc2ccccc2[nH]1. The summed E-state index contributed by atoms with van der Waals surface area (Å²) in [4.78, 5) is 22.9. The topological polar surface area (TPSA) is 62.1 Å². The molecule has 3 heterocycles. The number of para-hydroxylation sites is 3. The lowest BCUT2D eigenvalue weighted by molar-refractivity contribution is 0.0700. The van der Waals surface area contributed by atoms with E-state index in [0.717, 1.165) is 47.2 Å². The standard InChI is InChI=1S/C20H17N3O2/c24-20(18-12-13-6-1-4-10-17(13)25-18)23-11-5-9-16(23)19-21-14-7-2-3-8-15(14)22-19/h1-4,6-8,10,12,16H,5,9,11H2,(H,21,22). The van der Waals surface area contributed by atoms with E-state index in [9.17, 15) is 4.79 Å². The molecule has 5 rings (SSSR count). The molecule has 5 nitrogen and oxygen atoms in total. The summed E-state index contributed by atoms with van der Waals surface area (Å²) in [7, 11) is 0. The zero-order valence-corrected chi connectivity index (χ0v) is 13.6. The normalized spacial score (nSPS) is 17.6. The van der Waals surface area contributed by atoms with Crippen molar-refractivity contribution in [1.29, 1.82) is 0 Å². The minimum atomic E-state index is -0.0702. The largest absolute Gasteiger partial charge is 0.451 e. The molecule has 0 radical (unpaired) electrons. The van der Waals surface area contributed by atoms with Gasteiger partial charge in [-0.2, -0.15) is 0 Å². The highest BCUT2D eigenvalue weighted by molar-refractivity contribution is 5.96. The van der Waals surface area contributed by atoms with Crippen molar-refractivity contribution in [3.05, 3.63) is 66.2 Å². The van der Waals surface area contributed by atoms with E-state index in [0.29, 0.717) is 5.76 Å².